The van der Waals surface area contributed by atoms with Crippen LogP contribution in [0.15, 0.2) is 60.7 Å². The highest BCUT2D eigenvalue weighted by atomic mass is 19.4. The average Bonchev–Trinajstić information content (AvgIpc) is 3.13. The molecule has 1 fully saturated rings. The van der Waals surface area contributed by atoms with Crippen LogP contribution in [-0.4, -0.2) is 29.7 Å². The van der Waals surface area contributed by atoms with Crippen LogP contribution in [0.3, 0.4) is 0 Å². The minimum atomic E-state index is -4.61. The van der Waals surface area contributed by atoms with Crippen molar-refractivity contribution >= 4 is 12.0 Å². The summed E-state index contributed by atoms with van der Waals surface area (Å²) in [6, 6.07) is 16.9. The standard InChI is InChI=1S/C24H26F3NO3/c1-17(2)23(24(25,26)27,14-13-18-9-5-3-6-10-18)15-21(29)28-20(16-31-22(28)30)19-11-7-4-8-12-19/h3-12,17,20H,13-16H2,1-2H3/t20-,23+/m1/s1. The van der Waals surface area contributed by atoms with Gasteiger partial charge in [-0.25, -0.2) is 9.69 Å². The zero-order chi connectivity index (χ0) is 22.6. The number of aryl methyl sites for hydroxylation is 1. The largest absolute Gasteiger partial charge is 0.446 e. The molecule has 0 bridgehead atoms. The zero-order valence-electron chi connectivity index (χ0n) is 17.6. The molecule has 2 aromatic carbocycles. The van der Waals surface area contributed by atoms with E-state index in [1.54, 1.807) is 60.7 Å². The maximum Gasteiger partial charge on any atom is 0.417 e. The number of carbonyl (C=O) groups excluding carboxylic acids is 2. The number of hydrogen-bond donors (Lipinski definition) is 0. The quantitative estimate of drug-likeness (QED) is 0.543. The number of ether oxygens (including phenoxy) is 1. The number of cyclic esters (lactones) is 1. The molecule has 166 valence electrons. The second-order valence-electron chi connectivity index (χ2n) is 8.24. The van der Waals surface area contributed by atoms with E-state index in [1.807, 2.05) is 0 Å². The predicted octanol–water partition coefficient (Wildman–Crippen LogP) is 5.93. The Morgan fingerprint density at radius 2 is 1.65 bits per heavy atom. The third kappa shape index (κ3) is 4.75. The van der Waals surface area contributed by atoms with Crippen molar-refractivity contribution in [3.63, 3.8) is 0 Å². The van der Waals surface area contributed by atoms with Crippen molar-refractivity contribution in [3.8, 4) is 0 Å². The van der Waals surface area contributed by atoms with Gasteiger partial charge in [-0.1, -0.05) is 74.5 Å². The van der Waals surface area contributed by atoms with E-state index in [2.05, 4.69) is 0 Å². The van der Waals surface area contributed by atoms with Gasteiger partial charge < -0.3 is 4.74 Å². The van der Waals surface area contributed by atoms with Crippen molar-refractivity contribution in [1.29, 1.82) is 0 Å². The molecule has 2 amide bonds. The van der Waals surface area contributed by atoms with Crippen LogP contribution >= 0.6 is 0 Å². The summed E-state index contributed by atoms with van der Waals surface area (Å²) in [7, 11) is 0. The van der Waals surface area contributed by atoms with Crippen molar-refractivity contribution in [1.82, 2.24) is 4.90 Å². The van der Waals surface area contributed by atoms with E-state index >= 15 is 0 Å². The minimum Gasteiger partial charge on any atom is -0.446 e. The number of halogens is 3. The number of rotatable bonds is 7. The minimum absolute atomic E-state index is 0.0701. The van der Waals surface area contributed by atoms with Crippen LogP contribution < -0.4 is 0 Å². The maximum absolute atomic E-state index is 14.4. The normalized spacial score (nSPS) is 18.7. The van der Waals surface area contributed by atoms with Gasteiger partial charge in [-0.15, -0.1) is 0 Å². The van der Waals surface area contributed by atoms with Crippen LogP contribution in [0.5, 0.6) is 0 Å². The number of imide groups is 1. The Morgan fingerprint density at radius 3 is 2.19 bits per heavy atom. The first-order valence-corrected chi connectivity index (χ1v) is 10.3. The highest BCUT2D eigenvalue weighted by Crippen LogP contribution is 2.51. The van der Waals surface area contributed by atoms with Crippen molar-refractivity contribution in [2.45, 2.75) is 45.3 Å². The maximum atomic E-state index is 14.4. The van der Waals surface area contributed by atoms with E-state index in [9.17, 15) is 22.8 Å². The Balaban J connectivity index is 1.89. The SMILES string of the molecule is CC(C)[C@](CCc1ccccc1)(CC(=O)N1C(=O)OC[C@@H]1c1ccccc1)C(F)(F)F. The molecule has 7 heteroatoms. The number of amides is 2. The van der Waals surface area contributed by atoms with Gasteiger partial charge in [0.05, 0.1) is 5.41 Å². The highest BCUT2D eigenvalue weighted by Gasteiger charge is 2.58. The van der Waals surface area contributed by atoms with Gasteiger partial charge >= 0.3 is 12.3 Å². The van der Waals surface area contributed by atoms with Gasteiger partial charge in [0.25, 0.3) is 0 Å². The molecule has 0 aromatic heterocycles. The molecule has 1 aliphatic heterocycles. The van der Waals surface area contributed by atoms with Crippen LogP contribution in [0.2, 0.25) is 0 Å². The Kier molecular flexibility index (Phi) is 6.72. The molecule has 2 aromatic rings. The van der Waals surface area contributed by atoms with Crippen LogP contribution in [0.25, 0.3) is 0 Å². The summed E-state index contributed by atoms with van der Waals surface area (Å²) in [5.74, 6) is -1.72. The first-order chi connectivity index (χ1) is 14.7. The van der Waals surface area contributed by atoms with Crippen LogP contribution in [-0.2, 0) is 16.0 Å². The Hall–Kier alpha value is -2.83. The number of benzene rings is 2. The van der Waals surface area contributed by atoms with Crippen molar-refractivity contribution < 1.29 is 27.5 Å². The molecule has 1 heterocycles. The van der Waals surface area contributed by atoms with E-state index in [0.717, 1.165) is 10.5 Å². The van der Waals surface area contributed by atoms with E-state index in [-0.39, 0.29) is 19.4 Å². The molecule has 3 rings (SSSR count). The summed E-state index contributed by atoms with van der Waals surface area (Å²) in [6.07, 6.45) is -6.39. The van der Waals surface area contributed by atoms with Gasteiger partial charge in [-0.3, -0.25) is 4.79 Å². The van der Waals surface area contributed by atoms with Gasteiger partial charge in [-0.05, 0) is 29.9 Å². The summed E-state index contributed by atoms with van der Waals surface area (Å²) < 4.78 is 48.2. The zero-order valence-corrected chi connectivity index (χ0v) is 17.6. The molecule has 31 heavy (non-hydrogen) atoms. The summed E-state index contributed by atoms with van der Waals surface area (Å²) in [5, 5.41) is 0. The first-order valence-electron chi connectivity index (χ1n) is 10.3. The van der Waals surface area contributed by atoms with E-state index < -0.39 is 42.0 Å². The predicted molar refractivity (Wildman–Crippen MR) is 110 cm³/mol. The molecular formula is C24H26F3NO3. The molecular weight excluding hydrogens is 407 g/mol. The molecule has 0 saturated carbocycles. The molecule has 0 spiro atoms. The van der Waals surface area contributed by atoms with Gasteiger partial charge in [0.1, 0.15) is 12.6 Å². The van der Waals surface area contributed by atoms with Crippen LogP contribution in [0.4, 0.5) is 18.0 Å². The molecule has 0 unspecified atom stereocenters. The Bertz CT molecular complexity index is 899. The van der Waals surface area contributed by atoms with E-state index in [1.165, 1.54) is 13.8 Å². The summed E-state index contributed by atoms with van der Waals surface area (Å²) in [4.78, 5) is 26.3. The second kappa shape index (κ2) is 9.12. The van der Waals surface area contributed by atoms with Gasteiger partial charge in [0.2, 0.25) is 5.91 Å². The number of nitrogens with zero attached hydrogens (tertiary/aromatic N) is 1. The summed E-state index contributed by atoms with van der Waals surface area (Å²) in [6.45, 7) is 2.88. The average molecular weight is 433 g/mol. The molecule has 1 aliphatic rings. The highest BCUT2D eigenvalue weighted by molar-refractivity contribution is 5.94. The summed E-state index contributed by atoms with van der Waals surface area (Å²) in [5.41, 5.74) is -0.843. The van der Waals surface area contributed by atoms with Gasteiger partial charge in [0.15, 0.2) is 0 Å². The second-order valence-corrected chi connectivity index (χ2v) is 8.24. The Labute approximate surface area is 180 Å². The van der Waals surface area contributed by atoms with Gasteiger partial charge in [0, 0.05) is 6.42 Å². The van der Waals surface area contributed by atoms with Crippen LogP contribution in [0.1, 0.15) is 43.9 Å². The van der Waals surface area contributed by atoms with Gasteiger partial charge in [-0.2, -0.15) is 13.2 Å². The third-order valence-corrected chi connectivity index (χ3v) is 6.17. The lowest BCUT2D eigenvalue weighted by atomic mass is 9.69. The number of carbonyl (C=O) groups is 2. The first kappa shape index (κ1) is 22.8. The van der Waals surface area contributed by atoms with Crippen molar-refractivity contribution in [3.05, 3.63) is 71.8 Å². The molecule has 2 atom stereocenters. The molecule has 4 nitrogen and oxygen atoms in total. The summed E-state index contributed by atoms with van der Waals surface area (Å²) >= 11 is 0. The fourth-order valence-electron chi connectivity index (χ4n) is 4.14. The molecule has 0 radical (unpaired) electrons. The van der Waals surface area contributed by atoms with Crippen molar-refractivity contribution in [2.24, 2.45) is 11.3 Å². The van der Waals surface area contributed by atoms with Crippen LogP contribution in [0, 0.1) is 11.3 Å². The molecule has 0 aliphatic carbocycles. The molecule has 0 N–H and O–H groups in total. The topological polar surface area (TPSA) is 46.6 Å². The lowest BCUT2D eigenvalue weighted by Crippen LogP contribution is -2.48. The number of alkyl halides is 3. The fraction of sp³-hybridized carbons (Fsp3) is 0.417. The monoisotopic (exact) mass is 433 g/mol. The number of hydrogen-bond acceptors (Lipinski definition) is 3. The fourth-order valence-corrected chi connectivity index (χ4v) is 4.14. The smallest absolute Gasteiger partial charge is 0.417 e. The lowest BCUT2D eigenvalue weighted by Gasteiger charge is -2.40. The molecule has 1 saturated heterocycles. The lowest BCUT2D eigenvalue weighted by molar-refractivity contribution is -0.245. The van der Waals surface area contributed by atoms with E-state index in [0.29, 0.717) is 5.56 Å². The van der Waals surface area contributed by atoms with E-state index in [4.69, 9.17) is 4.74 Å². The van der Waals surface area contributed by atoms with Crippen molar-refractivity contribution in [2.75, 3.05) is 6.61 Å². The Morgan fingerprint density at radius 1 is 1.06 bits per heavy atom. The third-order valence-electron chi connectivity index (χ3n) is 6.17.